The van der Waals surface area contributed by atoms with Crippen LogP contribution < -0.4 is 26.4 Å². The molecule has 0 saturated heterocycles. The van der Waals surface area contributed by atoms with Gasteiger partial charge in [0.05, 0.1) is 24.8 Å². The number of phenolic OH excluding ortho intramolecular Hbond substituents is 1. The van der Waals surface area contributed by atoms with Crippen LogP contribution in [-0.4, -0.2) is 66.8 Å². The number of nitrogens with two attached hydrogens (primary N) is 1. The van der Waals surface area contributed by atoms with Crippen molar-refractivity contribution in [3.8, 4) is 11.5 Å². The van der Waals surface area contributed by atoms with Gasteiger partial charge in [0.15, 0.2) is 0 Å². The summed E-state index contributed by atoms with van der Waals surface area (Å²) in [6.45, 7) is 0.681. The van der Waals surface area contributed by atoms with Crippen LogP contribution in [0.25, 0.3) is 10.8 Å². The molecule has 38 heavy (non-hydrogen) atoms. The van der Waals surface area contributed by atoms with Gasteiger partial charge < -0.3 is 36.6 Å². The van der Waals surface area contributed by atoms with E-state index in [1.165, 1.54) is 0 Å². The van der Waals surface area contributed by atoms with Gasteiger partial charge in [0, 0.05) is 19.7 Å². The zero-order chi connectivity index (χ0) is 27.3. The summed E-state index contributed by atoms with van der Waals surface area (Å²) in [6.07, 6.45) is 1.27. The van der Waals surface area contributed by atoms with E-state index in [1.807, 2.05) is 24.3 Å². The van der Waals surface area contributed by atoms with E-state index >= 15 is 0 Å². The van der Waals surface area contributed by atoms with Crippen LogP contribution in [0.2, 0.25) is 0 Å². The van der Waals surface area contributed by atoms with Crippen molar-refractivity contribution in [2.45, 2.75) is 25.3 Å². The Morgan fingerprint density at radius 1 is 0.895 bits per heavy atom. The van der Waals surface area contributed by atoms with E-state index in [9.17, 15) is 19.5 Å². The molecule has 3 amide bonds. The van der Waals surface area contributed by atoms with Crippen LogP contribution in [0.15, 0.2) is 60.7 Å². The van der Waals surface area contributed by atoms with Crippen molar-refractivity contribution in [1.29, 1.82) is 0 Å². The van der Waals surface area contributed by atoms with E-state index in [1.54, 1.807) is 36.4 Å². The molecule has 0 spiro atoms. The molecule has 10 heteroatoms. The second-order valence-corrected chi connectivity index (χ2v) is 8.78. The van der Waals surface area contributed by atoms with Gasteiger partial charge >= 0.3 is 0 Å². The van der Waals surface area contributed by atoms with E-state index in [2.05, 4.69) is 16.0 Å². The molecule has 0 aliphatic heterocycles. The van der Waals surface area contributed by atoms with Crippen LogP contribution in [0.3, 0.4) is 0 Å². The Labute approximate surface area is 221 Å². The van der Waals surface area contributed by atoms with Crippen LogP contribution in [0.1, 0.15) is 28.8 Å². The van der Waals surface area contributed by atoms with Gasteiger partial charge in [-0.15, -0.1) is 0 Å². The number of rotatable bonds is 14. The Balaban J connectivity index is 1.52. The van der Waals surface area contributed by atoms with Crippen LogP contribution in [-0.2, 0) is 16.0 Å². The van der Waals surface area contributed by atoms with Crippen molar-refractivity contribution < 1.29 is 29.3 Å². The molecular formula is C28H34N4O6. The van der Waals surface area contributed by atoms with Crippen LogP contribution in [0, 0.1) is 0 Å². The monoisotopic (exact) mass is 522 g/mol. The minimum atomic E-state index is -0.725. The van der Waals surface area contributed by atoms with Crippen LogP contribution in [0.5, 0.6) is 11.5 Å². The molecule has 7 N–H and O–H groups in total. The van der Waals surface area contributed by atoms with Crippen LogP contribution in [0.4, 0.5) is 0 Å². The van der Waals surface area contributed by atoms with Gasteiger partial charge in [-0.3, -0.25) is 14.4 Å². The van der Waals surface area contributed by atoms with Gasteiger partial charge in [-0.25, -0.2) is 0 Å². The Morgan fingerprint density at radius 2 is 1.58 bits per heavy atom. The minimum Gasteiger partial charge on any atom is -0.508 e. The number of carbonyl (C=O) groups is 3. The van der Waals surface area contributed by atoms with Crippen molar-refractivity contribution in [1.82, 2.24) is 16.0 Å². The first-order chi connectivity index (χ1) is 18.4. The molecule has 0 aliphatic carbocycles. The molecule has 3 rings (SSSR count). The van der Waals surface area contributed by atoms with E-state index < -0.39 is 11.9 Å². The lowest BCUT2D eigenvalue weighted by atomic mass is 10.1. The average molecular weight is 523 g/mol. The molecular weight excluding hydrogens is 488 g/mol. The van der Waals surface area contributed by atoms with Gasteiger partial charge in [-0.1, -0.05) is 36.4 Å². The van der Waals surface area contributed by atoms with Crippen molar-refractivity contribution in [2.24, 2.45) is 5.73 Å². The van der Waals surface area contributed by atoms with Gasteiger partial charge in [0.2, 0.25) is 11.8 Å². The van der Waals surface area contributed by atoms with E-state index in [0.29, 0.717) is 43.7 Å². The van der Waals surface area contributed by atoms with Crippen molar-refractivity contribution in [2.75, 3.05) is 32.8 Å². The number of ether oxygens (including phenoxy) is 1. The number of amides is 3. The highest BCUT2D eigenvalue weighted by molar-refractivity contribution is 6.02. The second-order valence-electron chi connectivity index (χ2n) is 8.78. The summed E-state index contributed by atoms with van der Waals surface area (Å²) in [5.74, 6) is -0.567. The first-order valence-corrected chi connectivity index (χ1v) is 12.5. The molecule has 0 aliphatic rings. The summed E-state index contributed by atoms with van der Waals surface area (Å²) in [4.78, 5) is 37.1. The summed E-state index contributed by atoms with van der Waals surface area (Å²) < 4.78 is 5.91. The number of hydrogen-bond acceptors (Lipinski definition) is 7. The standard InChI is InChI=1S/C28H34N4O6/c29-24(15-19-7-9-22(34)10-8-19)28(37)31-12-4-14-38-25-17-21-6-2-1-5-20(21)16-23(25)27(36)32-18-26(35)30-11-3-13-33/h1-2,5-10,16-17,24,33-34H,3-4,11-15,18,29H2,(H,30,35)(H,31,37)(H,32,36). The molecule has 202 valence electrons. The van der Waals surface area contributed by atoms with Crippen molar-refractivity contribution in [3.05, 3.63) is 71.8 Å². The van der Waals surface area contributed by atoms with Gasteiger partial charge in [-0.2, -0.15) is 0 Å². The number of aliphatic hydroxyl groups excluding tert-OH is 1. The largest absolute Gasteiger partial charge is 0.508 e. The lowest BCUT2D eigenvalue weighted by Gasteiger charge is -2.15. The number of carbonyl (C=O) groups excluding carboxylic acids is 3. The highest BCUT2D eigenvalue weighted by Crippen LogP contribution is 2.26. The lowest BCUT2D eigenvalue weighted by Crippen LogP contribution is -2.42. The highest BCUT2D eigenvalue weighted by Gasteiger charge is 2.16. The van der Waals surface area contributed by atoms with Gasteiger partial charge in [0.25, 0.3) is 5.91 Å². The maximum Gasteiger partial charge on any atom is 0.255 e. The lowest BCUT2D eigenvalue weighted by molar-refractivity contribution is -0.122. The first-order valence-electron chi connectivity index (χ1n) is 12.5. The smallest absolute Gasteiger partial charge is 0.255 e. The number of hydrogen-bond donors (Lipinski definition) is 6. The quantitative estimate of drug-likeness (QED) is 0.173. The number of phenols is 1. The topological polar surface area (TPSA) is 163 Å². The molecule has 0 radical (unpaired) electrons. The van der Waals surface area contributed by atoms with Crippen LogP contribution >= 0.6 is 0 Å². The predicted molar refractivity (Wildman–Crippen MR) is 144 cm³/mol. The maximum absolute atomic E-state index is 12.9. The number of fused-ring (bicyclic) bond motifs is 1. The third-order valence-electron chi connectivity index (χ3n) is 5.77. The molecule has 1 atom stereocenters. The normalized spacial score (nSPS) is 11.5. The first kappa shape index (κ1) is 28.4. The fraction of sp³-hybridized carbons (Fsp3) is 0.321. The summed E-state index contributed by atoms with van der Waals surface area (Å²) in [7, 11) is 0. The Morgan fingerprint density at radius 3 is 2.29 bits per heavy atom. The summed E-state index contributed by atoms with van der Waals surface area (Å²) in [5, 5.41) is 27.9. The number of aromatic hydroxyl groups is 1. The maximum atomic E-state index is 12.9. The fourth-order valence-electron chi connectivity index (χ4n) is 3.72. The second kappa shape index (κ2) is 14.6. The summed E-state index contributed by atoms with van der Waals surface area (Å²) >= 11 is 0. The molecule has 10 nitrogen and oxygen atoms in total. The molecule has 0 aromatic heterocycles. The minimum absolute atomic E-state index is 0.0271. The molecule has 1 unspecified atom stereocenters. The molecule has 0 saturated carbocycles. The van der Waals surface area contributed by atoms with Crippen molar-refractivity contribution >= 4 is 28.5 Å². The van der Waals surface area contributed by atoms with Crippen molar-refractivity contribution in [3.63, 3.8) is 0 Å². The molecule has 3 aromatic carbocycles. The molecule has 0 fully saturated rings. The Bertz CT molecular complexity index is 1230. The number of aliphatic hydroxyl groups is 1. The highest BCUT2D eigenvalue weighted by atomic mass is 16.5. The van der Waals surface area contributed by atoms with Gasteiger partial charge in [0.1, 0.15) is 11.5 Å². The summed E-state index contributed by atoms with van der Waals surface area (Å²) in [6, 6.07) is 16.9. The van der Waals surface area contributed by atoms with E-state index in [0.717, 1.165) is 16.3 Å². The average Bonchev–Trinajstić information content (AvgIpc) is 2.92. The third-order valence-corrected chi connectivity index (χ3v) is 5.77. The molecule has 0 bridgehead atoms. The van der Waals surface area contributed by atoms with E-state index in [-0.39, 0.29) is 37.3 Å². The predicted octanol–water partition coefficient (Wildman–Crippen LogP) is 1.23. The SMILES string of the molecule is NC(Cc1ccc(O)cc1)C(=O)NCCCOc1cc2ccccc2cc1C(=O)NCC(=O)NCCCO. The Kier molecular flexibility index (Phi) is 10.9. The zero-order valence-corrected chi connectivity index (χ0v) is 21.1. The number of benzene rings is 3. The summed E-state index contributed by atoms with van der Waals surface area (Å²) in [5.41, 5.74) is 7.14. The number of nitrogens with one attached hydrogen (secondary N) is 3. The van der Waals surface area contributed by atoms with Gasteiger partial charge in [-0.05, 0) is 59.9 Å². The van der Waals surface area contributed by atoms with E-state index in [4.69, 9.17) is 15.6 Å². The zero-order valence-electron chi connectivity index (χ0n) is 21.1. The Hall–Kier alpha value is -4.15. The third kappa shape index (κ3) is 8.75. The molecule has 0 heterocycles. The molecule has 3 aromatic rings. The fourth-order valence-corrected chi connectivity index (χ4v) is 3.72.